The largest absolute Gasteiger partial charge is 0.349 e. The van der Waals surface area contributed by atoms with Gasteiger partial charge in [-0.2, -0.15) is 0 Å². The minimum atomic E-state index is -0.347. The lowest BCUT2D eigenvalue weighted by molar-refractivity contribution is 0.627. The molecule has 0 unspecified atom stereocenters. The molecule has 6 heteroatoms. The number of nitrogens with one attached hydrogen (secondary N) is 1. The van der Waals surface area contributed by atoms with Gasteiger partial charge in [0, 0.05) is 16.7 Å². The molecular formula is C24H18FN3OS. The number of para-hydroxylation sites is 1. The Kier molecular flexibility index (Phi) is 4.64. The highest BCUT2D eigenvalue weighted by molar-refractivity contribution is 7.98. The Balaban J connectivity index is 1.69. The van der Waals surface area contributed by atoms with Crippen LogP contribution in [0.25, 0.3) is 27.6 Å². The van der Waals surface area contributed by atoms with Gasteiger partial charge in [0.2, 0.25) is 0 Å². The van der Waals surface area contributed by atoms with Crippen LogP contribution in [0.2, 0.25) is 0 Å². The van der Waals surface area contributed by atoms with Crippen molar-refractivity contribution in [1.82, 2.24) is 14.5 Å². The summed E-state index contributed by atoms with van der Waals surface area (Å²) in [5, 5.41) is 1.48. The Bertz CT molecular complexity index is 1420. The summed E-state index contributed by atoms with van der Waals surface area (Å²) in [5.74, 6) is 0.321. The fourth-order valence-corrected chi connectivity index (χ4v) is 4.45. The molecular weight excluding hydrogens is 397 g/mol. The number of aromatic amines is 1. The van der Waals surface area contributed by atoms with E-state index in [0.717, 1.165) is 16.5 Å². The van der Waals surface area contributed by atoms with Crippen molar-refractivity contribution >= 4 is 33.7 Å². The van der Waals surface area contributed by atoms with Crippen molar-refractivity contribution in [3.8, 4) is 5.69 Å². The highest BCUT2D eigenvalue weighted by Crippen LogP contribution is 2.28. The summed E-state index contributed by atoms with van der Waals surface area (Å²) >= 11 is 1.49. The van der Waals surface area contributed by atoms with E-state index in [1.165, 1.54) is 29.5 Å². The predicted octanol–water partition coefficient (Wildman–Crippen LogP) is 5.61. The van der Waals surface area contributed by atoms with Crippen molar-refractivity contribution in [3.05, 3.63) is 100 Å². The molecule has 2 aromatic heterocycles. The van der Waals surface area contributed by atoms with Gasteiger partial charge >= 0.3 is 0 Å². The van der Waals surface area contributed by atoms with Gasteiger partial charge in [0.15, 0.2) is 5.16 Å². The summed E-state index contributed by atoms with van der Waals surface area (Å²) in [6, 6.07) is 21.9. The summed E-state index contributed by atoms with van der Waals surface area (Å²) in [6.45, 7) is 2.05. The second-order valence-electron chi connectivity index (χ2n) is 7.18. The summed E-state index contributed by atoms with van der Waals surface area (Å²) in [5.41, 5.74) is 4.69. The predicted molar refractivity (Wildman–Crippen MR) is 120 cm³/mol. The Hall–Kier alpha value is -3.38. The minimum absolute atomic E-state index is 0.200. The molecule has 3 aromatic carbocycles. The third kappa shape index (κ3) is 3.29. The Labute approximate surface area is 176 Å². The van der Waals surface area contributed by atoms with Crippen LogP contribution in [0.4, 0.5) is 4.39 Å². The van der Waals surface area contributed by atoms with E-state index in [4.69, 9.17) is 4.98 Å². The average molecular weight is 415 g/mol. The number of aromatic nitrogens is 3. The molecule has 5 rings (SSSR count). The van der Waals surface area contributed by atoms with Crippen LogP contribution in [-0.4, -0.2) is 14.5 Å². The summed E-state index contributed by atoms with van der Waals surface area (Å²) < 4.78 is 15.0. The zero-order valence-electron chi connectivity index (χ0n) is 16.2. The number of fused-ring (bicyclic) bond motifs is 3. The Morgan fingerprint density at radius 2 is 1.73 bits per heavy atom. The van der Waals surface area contributed by atoms with Gasteiger partial charge in [0.25, 0.3) is 5.56 Å². The first-order valence-electron chi connectivity index (χ1n) is 9.58. The van der Waals surface area contributed by atoms with Gasteiger partial charge in [-0.1, -0.05) is 59.8 Å². The summed E-state index contributed by atoms with van der Waals surface area (Å²) in [4.78, 5) is 21.5. The maximum Gasteiger partial charge on any atom is 0.283 e. The molecule has 0 aliphatic carbocycles. The summed E-state index contributed by atoms with van der Waals surface area (Å²) in [7, 11) is 0. The first-order chi connectivity index (χ1) is 14.6. The lowest BCUT2D eigenvalue weighted by atomic mass is 10.2. The van der Waals surface area contributed by atoms with E-state index in [9.17, 15) is 9.18 Å². The van der Waals surface area contributed by atoms with Gasteiger partial charge in [0.05, 0.1) is 5.69 Å². The molecule has 0 aliphatic heterocycles. The SMILES string of the molecule is Cc1ccc(CSc2nc3c([nH]c4ccccc43)c(=O)n2-c2ccc(F)cc2)cc1. The fraction of sp³-hybridized carbons (Fsp3) is 0.0833. The standard InChI is InChI=1S/C24H18FN3OS/c1-15-6-8-16(9-7-15)14-30-24-27-21-19-4-2-3-5-20(19)26-22(21)23(29)28(24)18-12-10-17(25)11-13-18/h2-13,26H,14H2,1H3. The zero-order valence-corrected chi connectivity index (χ0v) is 17.0. The van der Waals surface area contributed by atoms with Crippen LogP contribution in [0.15, 0.2) is 82.7 Å². The molecule has 5 aromatic rings. The number of halogens is 1. The number of nitrogens with zero attached hydrogens (tertiary/aromatic N) is 2. The molecule has 0 radical (unpaired) electrons. The van der Waals surface area contributed by atoms with E-state index in [0.29, 0.717) is 27.6 Å². The first kappa shape index (κ1) is 18.6. The fourth-order valence-electron chi connectivity index (χ4n) is 3.49. The first-order valence-corrected chi connectivity index (χ1v) is 10.6. The van der Waals surface area contributed by atoms with E-state index in [1.54, 1.807) is 16.7 Å². The number of rotatable bonds is 4. The zero-order chi connectivity index (χ0) is 20.7. The molecule has 2 heterocycles. The third-order valence-electron chi connectivity index (χ3n) is 5.07. The molecule has 0 fully saturated rings. The van der Waals surface area contributed by atoms with Gasteiger partial charge in [-0.3, -0.25) is 9.36 Å². The monoisotopic (exact) mass is 415 g/mol. The van der Waals surface area contributed by atoms with Crippen molar-refractivity contribution in [2.75, 3.05) is 0 Å². The van der Waals surface area contributed by atoms with Gasteiger partial charge in [-0.25, -0.2) is 9.37 Å². The molecule has 0 spiro atoms. The molecule has 0 saturated heterocycles. The number of hydrogen-bond donors (Lipinski definition) is 1. The van der Waals surface area contributed by atoms with Crippen molar-refractivity contribution < 1.29 is 4.39 Å². The van der Waals surface area contributed by atoms with Crippen molar-refractivity contribution in [3.63, 3.8) is 0 Å². The van der Waals surface area contributed by atoms with Gasteiger partial charge in [-0.15, -0.1) is 0 Å². The van der Waals surface area contributed by atoms with Crippen LogP contribution in [0, 0.1) is 12.7 Å². The van der Waals surface area contributed by atoms with Crippen molar-refractivity contribution in [1.29, 1.82) is 0 Å². The number of H-pyrrole nitrogens is 1. The maximum absolute atomic E-state index is 13.5. The molecule has 0 amide bonds. The Morgan fingerprint density at radius 3 is 2.50 bits per heavy atom. The van der Waals surface area contributed by atoms with E-state index < -0.39 is 0 Å². The van der Waals surface area contributed by atoms with E-state index in [2.05, 4.69) is 36.2 Å². The molecule has 1 N–H and O–H groups in total. The van der Waals surface area contributed by atoms with Crippen LogP contribution < -0.4 is 5.56 Å². The highest BCUT2D eigenvalue weighted by atomic mass is 32.2. The molecule has 0 atom stereocenters. The molecule has 0 aliphatic rings. The van der Waals surface area contributed by atoms with E-state index in [1.807, 2.05) is 24.3 Å². The lowest BCUT2D eigenvalue weighted by Crippen LogP contribution is -2.21. The topological polar surface area (TPSA) is 50.7 Å². The summed E-state index contributed by atoms with van der Waals surface area (Å²) in [6.07, 6.45) is 0. The molecule has 0 saturated carbocycles. The van der Waals surface area contributed by atoms with Crippen LogP contribution in [0.3, 0.4) is 0 Å². The lowest BCUT2D eigenvalue weighted by Gasteiger charge is -2.12. The van der Waals surface area contributed by atoms with E-state index >= 15 is 0 Å². The van der Waals surface area contributed by atoms with Crippen LogP contribution in [-0.2, 0) is 5.75 Å². The highest BCUT2D eigenvalue weighted by Gasteiger charge is 2.17. The van der Waals surface area contributed by atoms with Gasteiger partial charge < -0.3 is 4.98 Å². The second-order valence-corrected chi connectivity index (χ2v) is 8.12. The normalized spacial score (nSPS) is 11.4. The van der Waals surface area contributed by atoms with Crippen molar-refractivity contribution in [2.45, 2.75) is 17.8 Å². The molecule has 30 heavy (non-hydrogen) atoms. The number of aryl methyl sites for hydroxylation is 1. The minimum Gasteiger partial charge on any atom is -0.349 e. The van der Waals surface area contributed by atoms with Gasteiger partial charge in [0.1, 0.15) is 16.9 Å². The van der Waals surface area contributed by atoms with Crippen molar-refractivity contribution in [2.24, 2.45) is 0 Å². The molecule has 0 bridgehead atoms. The number of benzene rings is 3. The quantitative estimate of drug-likeness (QED) is 0.307. The smallest absolute Gasteiger partial charge is 0.283 e. The van der Waals surface area contributed by atoms with Gasteiger partial charge in [-0.05, 0) is 42.8 Å². The van der Waals surface area contributed by atoms with Crippen LogP contribution >= 0.6 is 11.8 Å². The third-order valence-corrected chi connectivity index (χ3v) is 6.08. The van der Waals surface area contributed by atoms with Crippen LogP contribution in [0.1, 0.15) is 11.1 Å². The average Bonchev–Trinajstić information content (AvgIpc) is 3.13. The molecule has 148 valence electrons. The number of thioether (sulfide) groups is 1. The van der Waals surface area contributed by atoms with E-state index in [-0.39, 0.29) is 11.4 Å². The van der Waals surface area contributed by atoms with Crippen LogP contribution in [0.5, 0.6) is 0 Å². The second kappa shape index (κ2) is 7.46. The molecule has 4 nitrogen and oxygen atoms in total. The number of hydrogen-bond acceptors (Lipinski definition) is 3. The maximum atomic E-state index is 13.5. The Morgan fingerprint density at radius 1 is 1.00 bits per heavy atom.